The van der Waals surface area contributed by atoms with Crippen molar-refractivity contribution in [3.8, 4) is 0 Å². The van der Waals surface area contributed by atoms with Gasteiger partial charge in [0.05, 0.1) is 11.0 Å². The Bertz CT molecular complexity index is 464. The largest absolute Gasteiger partial charge is 0.377 e. The van der Waals surface area contributed by atoms with E-state index in [2.05, 4.69) is 15.6 Å². The number of ether oxygens (including phenoxy) is 1. The molecule has 0 aliphatic heterocycles. The molecule has 0 unspecified atom stereocenters. The number of imidazole rings is 1. The molecule has 0 amide bonds. The van der Waals surface area contributed by atoms with E-state index >= 15 is 0 Å². The van der Waals surface area contributed by atoms with E-state index in [1.165, 1.54) is 0 Å². The van der Waals surface area contributed by atoms with Crippen LogP contribution in [-0.4, -0.2) is 23.2 Å². The molecule has 2 N–H and O–H groups in total. The van der Waals surface area contributed by atoms with Gasteiger partial charge in [-0.3, -0.25) is 0 Å². The van der Waals surface area contributed by atoms with Gasteiger partial charge in [0.25, 0.3) is 0 Å². The molecule has 2 aromatic rings. The van der Waals surface area contributed by atoms with Gasteiger partial charge in [0.2, 0.25) is 0 Å². The summed E-state index contributed by atoms with van der Waals surface area (Å²) < 4.78 is 7.35. The summed E-state index contributed by atoms with van der Waals surface area (Å²) in [7, 11) is 1.69. The van der Waals surface area contributed by atoms with Crippen LogP contribution < -0.4 is 5.73 Å². The first kappa shape index (κ1) is 11.1. The number of nitrogens with zero attached hydrogens (tertiary/aromatic N) is 2. The lowest BCUT2D eigenvalue weighted by Gasteiger charge is -2.07. The first-order chi connectivity index (χ1) is 7.86. The molecular formula is C12H17N3O. The standard InChI is InChI=1S/C12H17N3O/c1-16-9-12-14-10-5-2-3-6-11(10)15(12)8-4-7-13/h2-3,5-6H,4,7-9,13H2,1H3. The second-order valence-corrected chi connectivity index (χ2v) is 3.74. The fourth-order valence-corrected chi connectivity index (χ4v) is 1.86. The molecule has 86 valence electrons. The number of rotatable bonds is 5. The third kappa shape index (κ3) is 2.08. The summed E-state index contributed by atoms with van der Waals surface area (Å²) >= 11 is 0. The second kappa shape index (κ2) is 5.09. The molecule has 0 bridgehead atoms. The smallest absolute Gasteiger partial charge is 0.135 e. The van der Waals surface area contributed by atoms with Gasteiger partial charge >= 0.3 is 0 Å². The van der Waals surface area contributed by atoms with Crippen LogP contribution >= 0.6 is 0 Å². The van der Waals surface area contributed by atoms with Gasteiger partial charge in [-0.1, -0.05) is 12.1 Å². The molecule has 0 aliphatic carbocycles. The van der Waals surface area contributed by atoms with Gasteiger partial charge in [-0.05, 0) is 25.1 Å². The maximum Gasteiger partial charge on any atom is 0.135 e. The Hall–Kier alpha value is -1.39. The highest BCUT2D eigenvalue weighted by Crippen LogP contribution is 2.16. The fraction of sp³-hybridized carbons (Fsp3) is 0.417. The maximum atomic E-state index is 5.55. The van der Waals surface area contributed by atoms with Crippen LogP contribution in [0.15, 0.2) is 24.3 Å². The number of hydrogen-bond donors (Lipinski definition) is 1. The Balaban J connectivity index is 2.42. The zero-order valence-electron chi connectivity index (χ0n) is 9.52. The first-order valence-corrected chi connectivity index (χ1v) is 5.50. The summed E-state index contributed by atoms with van der Waals surface area (Å²) in [6, 6.07) is 8.13. The average Bonchev–Trinajstić information content (AvgIpc) is 2.65. The van der Waals surface area contributed by atoms with E-state index in [-0.39, 0.29) is 0 Å². The highest BCUT2D eigenvalue weighted by Gasteiger charge is 2.08. The Morgan fingerprint density at radius 2 is 2.19 bits per heavy atom. The normalized spacial score (nSPS) is 11.1. The van der Waals surface area contributed by atoms with Gasteiger partial charge in [-0.2, -0.15) is 0 Å². The molecule has 4 heteroatoms. The number of fused-ring (bicyclic) bond motifs is 1. The molecule has 1 aromatic carbocycles. The number of hydrogen-bond acceptors (Lipinski definition) is 3. The van der Waals surface area contributed by atoms with E-state index in [0.717, 1.165) is 29.8 Å². The Morgan fingerprint density at radius 3 is 2.94 bits per heavy atom. The molecule has 0 aliphatic rings. The maximum absolute atomic E-state index is 5.55. The van der Waals surface area contributed by atoms with E-state index in [0.29, 0.717) is 13.2 Å². The van der Waals surface area contributed by atoms with E-state index in [1.807, 2.05) is 18.2 Å². The van der Waals surface area contributed by atoms with Gasteiger partial charge in [-0.15, -0.1) is 0 Å². The molecule has 2 rings (SSSR count). The van der Waals surface area contributed by atoms with Crippen LogP contribution in [0, 0.1) is 0 Å². The molecule has 1 aromatic heterocycles. The van der Waals surface area contributed by atoms with Crippen molar-refractivity contribution in [1.29, 1.82) is 0 Å². The van der Waals surface area contributed by atoms with Crippen LogP contribution in [0.3, 0.4) is 0 Å². The third-order valence-electron chi connectivity index (χ3n) is 2.59. The van der Waals surface area contributed by atoms with Crippen molar-refractivity contribution in [2.24, 2.45) is 5.73 Å². The van der Waals surface area contributed by atoms with Gasteiger partial charge < -0.3 is 15.0 Å². The SMILES string of the molecule is COCc1nc2ccccc2n1CCCN. The van der Waals surface area contributed by atoms with Crippen molar-refractivity contribution < 1.29 is 4.74 Å². The quantitative estimate of drug-likeness (QED) is 0.829. The van der Waals surface area contributed by atoms with E-state index < -0.39 is 0 Å². The number of methoxy groups -OCH3 is 1. The molecular weight excluding hydrogens is 202 g/mol. The molecule has 4 nitrogen and oxygen atoms in total. The molecule has 0 saturated carbocycles. The molecule has 0 spiro atoms. The monoisotopic (exact) mass is 219 g/mol. The van der Waals surface area contributed by atoms with E-state index in [1.54, 1.807) is 7.11 Å². The minimum atomic E-state index is 0.541. The molecule has 0 saturated heterocycles. The lowest BCUT2D eigenvalue weighted by atomic mass is 10.3. The molecule has 0 radical (unpaired) electrons. The van der Waals surface area contributed by atoms with Crippen LogP contribution in [0.2, 0.25) is 0 Å². The van der Waals surface area contributed by atoms with Crippen LogP contribution in [0.5, 0.6) is 0 Å². The van der Waals surface area contributed by atoms with E-state index in [9.17, 15) is 0 Å². The summed E-state index contributed by atoms with van der Waals surface area (Å²) in [5.41, 5.74) is 7.72. The second-order valence-electron chi connectivity index (χ2n) is 3.74. The van der Waals surface area contributed by atoms with Crippen LogP contribution in [0.4, 0.5) is 0 Å². The van der Waals surface area contributed by atoms with Gasteiger partial charge in [0.1, 0.15) is 12.4 Å². The van der Waals surface area contributed by atoms with Crippen molar-refractivity contribution in [3.63, 3.8) is 0 Å². The summed E-state index contributed by atoms with van der Waals surface area (Å²) in [6.45, 7) is 2.13. The summed E-state index contributed by atoms with van der Waals surface area (Å²) in [4.78, 5) is 4.55. The van der Waals surface area contributed by atoms with Crippen molar-refractivity contribution in [2.75, 3.05) is 13.7 Å². The number of nitrogens with two attached hydrogens (primary N) is 1. The minimum Gasteiger partial charge on any atom is -0.377 e. The lowest BCUT2D eigenvalue weighted by molar-refractivity contribution is 0.174. The van der Waals surface area contributed by atoms with Crippen LogP contribution in [-0.2, 0) is 17.9 Å². The zero-order chi connectivity index (χ0) is 11.4. The summed E-state index contributed by atoms with van der Waals surface area (Å²) in [5, 5.41) is 0. The topological polar surface area (TPSA) is 53.1 Å². The Labute approximate surface area is 95.0 Å². The van der Waals surface area contributed by atoms with Crippen LogP contribution in [0.1, 0.15) is 12.2 Å². The molecule has 16 heavy (non-hydrogen) atoms. The highest BCUT2D eigenvalue weighted by molar-refractivity contribution is 5.75. The van der Waals surface area contributed by atoms with Crippen molar-refractivity contribution in [1.82, 2.24) is 9.55 Å². The summed E-state index contributed by atoms with van der Waals surface area (Å²) in [5.74, 6) is 0.970. The predicted octanol–water partition coefficient (Wildman–Crippen LogP) is 1.53. The van der Waals surface area contributed by atoms with Gasteiger partial charge in [0.15, 0.2) is 0 Å². The van der Waals surface area contributed by atoms with Crippen molar-refractivity contribution >= 4 is 11.0 Å². The summed E-state index contributed by atoms with van der Waals surface area (Å²) in [6.07, 6.45) is 0.955. The highest BCUT2D eigenvalue weighted by atomic mass is 16.5. The Morgan fingerprint density at radius 1 is 1.38 bits per heavy atom. The van der Waals surface area contributed by atoms with Gasteiger partial charge in [-0.25, -0.2) is 4.98 Å². The average molecular weight is 219 g/mol. The zero-order valence-corrected chi connectivity index (χ0v) is 9.52. The van der Waals surface area contributed by atoms with E-state index in [4.69, 9.17) is 10.5 Å². The molecule has 0 fully saturated rings. The van der Waals surface area contributed by atoms with Crippen molar-refractivity contribution in [3.05, 3.63) is 30.1 Å². The predicted molar refractivity (Wildman–Crippen MR) is 64.1 cm³/mol. The van der Waals surface area contributed by atoms with Gasteiger partial charge in [0, 0.05) is 13.7 Å². The van der Waals surface area contributed by atoms with Crippen molar-refractivity contribution in [2.45, 2.75) is 19.6 Å². The van der Waals surface area contributed by atoms with Crippen LogP contribution in [0.25, 0.3) is 11.0 Å². The minimum absolute atomic E-state index is 0.541. The molecule has 1 heterocycles. The Kier molecular flexibility index (Phi) is 3.54. The lowest BCUT2D eigenvalue weighted by Crippen LogP contribution is -2.09. The number of benzene rings is 1. The molecule has 0 atom stereocenters. The number of aryl methyl sites for hydroxylation is 1. The number of aromatic nitrogens is 2. The number of para-hydroxylation sites is 2. The third-order valence-corrected chi connectivity index (χ3v) is 2.59. The fourth-order valence-electron chi connectivity index (χ4n) is 1.86. The first-order valence-electron chi connectivity index (χ1n) is 5.50.